The van der Waals surface area contributed by atoms with Gasteiger partial charge in [0.05, 0.1) is 23.6 Å². The number of ether oxygens (including phenoxy) is 1. The number of carboxylic acid groups (broad SMARTS) is 1. The minimum Gasteiger partial charge on any atom is -0.545 e. The number of likely N-dealkylation sites (N-methyl/N-ethyl adjacent to an activating group) is 1. The summed E-state index contributed by atoms with van der Waals surface area (Å²) in [6.07, 6.45) is 6.23. The van der Waals surface area contributed by atoms with Crippen LogP contribution in [0.4, 0.5) is 5.69 Å². The molecule has 1 atom stereocenters. The number of aryl methyl sites for hydroxylation is 1. The predicted octanol–water partition coefficient (Wildman–Crippen LogP) is 2.89. The summed E-state index contributed by atoms with van der Waals surface area (Å²) in [6, 6.07) is 16.6. The molecule has 3 heterocycles. The third-order valence-corrected chi connectivity index (χ3v) is 7.04. The number of aliphatic hydroxyl groups excluding tert-OH is 1. The van der Waals surface area contributed by atoms with Crippen LogP contribution in [-0.4, -0.2) is 23.8 Å². The Morgan fingerprint density at radius 1 is 1.12 bits per heavy atom. The molecular weight excluding hydrogens is 428 g/mol. The molecule has 3 aromatic rings. The average molecular weight is 459 g/mol. The molecule has 0 bridgehead atoms. The highest BCUT2D eigenvalue weighted by atomic mass is 16.5. The highest BCUT2D eigenvalue weighted by Crippen LogP contribution is 2.54. The second-order valence-electron chi connectivity index (χ2n) is 9.24. The number of hydrogen-bond donors (Lipinski definition) is 1. The molecule has 1 N–H and O–H groups in total. The van der Waals surface area contributed by atoms with Gasteiger partial charge in [-0.15, -0.1) is 0 Å². The molecule has 1 unspecified atom stereocenters. The van der Waals surface area contributed by atoms with E-state index < -0.39 is 11.7 Å². The summed E-state index contributed by atoms with van der Waals surface area (Å²) in [6.45, 7) is 6.52. The van der Waals surface area contributed by atoms with Crippen LogP contribution in [0.3, 0.4) is 0 Å². The second kappa shape index (κ2) is 8.61. The number of fused-ring (bicyclic) bond motifs is 2. The fourth-order valence-corrected chi connectivity index (χ4v) is 4.90. The number of pyridine rings is 1. The Labute approximate surface area is 200 Å². The van der Waals surface area contributed by atoms with Gasteiger partial charge in [0.25, 0.3) is 0 Å². The third-order valence-electron chi connectivity index (χ3n) is 7.04. The van der Waals surface area contributed by atoms with Crippen molar-refractivity contribution in [3.63, 3.8) is 0 Å². The quantitative estimate of drug-likeness (QED) is 0.598. The Bertz CT molecular complexity index is 1270. The van der Waals surface area contributed by atoms with Gasteiger partial charge in [-0.25, -0.2) is 4.57 Å². The lowest BCUT2D eigenvalue weighted by atomic mass is 9.76. The van der Waals surface area contributed by atoms with Crippen LogP contribution in [0.25, 0.3) is 6.08 Å². The fourth-order valence-electron chi connectivity index (χ4n) is 4.90. The average Bonchev–Trinajstić information content (AvgIpc) is 3.01. The molecule has 2 aliphatic heterocycles. The zero-order valence-corrected chi connectivity index (χ0v) is 20.2. The van der Waals surface area contributed by atoms with Crippen molar-refractivity contribution < 1.29 is 24.3 Å². The molecule has 0 saturated carbocycles. The number of aliphatic hydroxyl groups is 1. The molecule has 6 nitrogen and oxygen atoms in total. The van der Waals surface area contributed by atoms with Gasteiger partial charge in [0.2, 0.25) is 11.4 Å². The number of aromatic carboxylic acids is 1. The summed E-state index contributed by atoms with van der Waals surface area (Å²) < 4.78 is 8.77. The summed E-state index contributed by atoms with van der Waals surface area (Å²) >= 11 is 0. The number of aromatic nitrogens is 1. The van der Waals surface area contributed by atoms with Gasteiger partial charge in [0.1, 0.15) is 7.05 Å². The molecule has 2 aliphatic rings. The van der Waals surface area contributed by atoms with Crippen molar-refractivity contribution in [1.82, 2.24) is 0 Å². The summed E-state index contributed by atoms with van der Waals surface area (Å²) in [5.41, 5.74) is 4.80. The number of hydrogen-bond acceptors (Lipinski definition) is 5. The van der Waals surface area contributed by atoms with Gasteiger partial charge in [0, 0.05) is 25.2 Å². The number of carboxylic acids is 1. The van der Waals surface area contributed by atoms with E-state index in [0.717, 1.165) is 22.6 Å². The second-order valence-corrected chi connectivity index (χ2v) is 9.24. The third kappa shape index (κ3) is 3.55. The highest BCUT2D eigenvalue weighted by Gasteiger charge is 2.58. The first-order valence-corrected chi connectivity index (χ1v) is 11.2. The van der Waals surface area contributed by atoms with Crippen molar-refractivity contribution in [2.24, 2.45) is 7.05 Å². The monoisotopic (exact) mass is 458 g/mol. The predicted molar refractivity (Wildman–Crippen MR) is 129 cm³/mol. The van der Waals surface area contributed by atoms with Crippen LogP contribution in [0.15, 0.2) is 66.9 Å². The lowest BCUT2D eigenvalue weighted by Crippen LogP contribution is -2.58. The van der Waals surface area contributed by atoms with Crippen LogP contribution in [0.5, 0.6) is 5.75 Å². The summed E-state index contributed by atoms with van der Waals surface area (Å²) in [4.78, 5) is 12.3. The minimum absolute atomic E-state index is 0.00336. The van der Waals surface area contributed by atoms with Crippen LogP contribution in [0, 0.1) is 6.92 Å². The van der Waals surface area contributed by atoms with Gasteiger partial charge >= 0.3 is 0 Å². The Morgan fingerprint density at radius 3 is 2.35 bits per heavy atom. The van der Waals surface area contributed by atoms with Crippen LogP contribution in [0.1, 0.15) is 46.6 Å². The summed E-state index contributed by atoms with van der Waals surface area (Å²) in [5.74, 6) is -0.278. The fraction of sp³-hybridized carbons (Fsp3) is 0.286. The van der Waals surface area contributed by atoms with E-state index in [2.05, 4.69) is 69.1 Å². The maximum absolute atomic E-state index is 10.1. The first kappa shape index (κ1) is 23.5. The number of nitrogens with zero attached hydrogens (tertiary/aromatic N) is 2. The maximum atomic E-state index is 10.1. The van der Waals surface area contributed by atoms with E-state index in [9.17, 15) is 15.0 Å². The first-order valence-electron chi connectivity index (χ1n) is 11.2. The van der Waals surface area contributed by atoms with Gasteiger partial charge in [-0.1, -0.05) is 48.5 Å². The van der Waals surface area contributed by atoms with Crippen LogP contribution in [0.2, 0.25) is 0 Å². The lowest BCUT2D eigenvalue weighted by Gasteiger charge is -2.45. The van der Waals surface area contributed by atoms with E-state index in [0.29, 0.717) is 0 Å². The summed E-state index contributed by atoms with van der Waals surface area (Å²) in [7, 11) is 4.08. The Kier molecular flexibility index (Phi) is 5.96. The minimum atomic E-state index is -1.13. The SMILES string of the molecule is Cc1c2c(c(CO)c[n+]1C)C=CC1(O2)N(C)c2ccccc2C1(C)C.O=C([O-])c1ccccc1. The maximum Gasteiger partial charge on any atom is 0.221 e. The molecule has 0 aliphatic carbocycles. The highest BCUT2D eigenvalue weighted by molar-refractivity contribution is 5.85. The van der Waals surface area contributed by atoms with E-state index in [1.54, 1.807) is 18.2 Å². The van der Waals surface area contributed by atoms with Crippen molar-refractivity contribution >= 4 is 17.7 Å². The molecule has 176 valence electrons. The van der Waals surface area contributed by atoms with E-state index in [-0.39, 0.29) is 17.6 Å². The van der Waals surface area contributed by atoms with Crippen LogP contribution >= 0.6 is 0 Å². The van der Waals surface area contributed by atoms with Gasteiger partial charge in [-0.3, -0.25) is 0 Å². The van der Waals surface area contributed by atoms with Crippen LogP contribution < -0.4 is 19.3 Å². The Morgan fingerprint density at radius 2 is 1.76 bits per heavy atom. The summed E-state index contributed by atoms with van der Waals surface area (Å²) in [5, 5.41) is 19.8. The largest absolute Gasteiger partial charge is 0.545 e. The first-order chi connectivity index (χ1) is 16.1. The lowest BCUT2D eigenvalue weighted by molar-refractivity contribution is -0.678. The molecule has 1 aromatic heterocycles. The Balaban J connectivity index is 0.000000257. The topological polar surface area (TPSA) is 76.7 Å². The molecule has 0 fully saturated rings. The molecule has 34 heavy (non-hydrogen) atoms. The van der Waals surface area contributed by atoms with Crippen molar-refractivity contribution in [1.29, 1.82) is 0 Å². The number of benzene rings is 2. The molecule has 5 rings (SSSR count). The van der Waals surface area contributed by atoms with E-state index in [1.807, 2.05) is 17.8 Å². The molecular formula is C28H30N2O4. The van der Waals surface area contributed by atoms with Gasteiger partial charge in [0.15, 0.2) is 11.9 Å². The molecule has 0 radical (unpaired) electrons. The number of para-hydroxylation sites is 1. The number of anilines is 1. The van der Waals surface area contributed by atoms with E-state index >= 15 is 0 Å². The smallest absolute Gasteiger partial charge is 0.221 e. The van der Waals surface area contributed by atoms with Crippen molar-refractivity contribution in [3.05, 3.63) is 94.8 Å². The molecule has 2 aromatic carbocycles. The number of rotatable bonds is 2. The molecule has 6 heteroatoms. The zero-order valence-electron chi connectivity index (χ0n) is 20.2. The van der Waals surface area contributed by atoms with Gasteiger partial charge < -0.3 is 24.6 Å². The van der Waals surface area contributed by atoms with Gasteiger partial charge in [-0.05, 0) is 43.2 Å². The van der Waals surface area contributed by atoms with Crippen LogP contribution in [-0.2, 0) is 19.1 Å². The molecule has 1 spiro atoms. The van der Waals surface area contributed by atoms with Crippen molar-refractivity contribution in [3.8, 4) is 5.75 Å². The number of carbonyl (C=O) groups is 1. The van der Waals surface area contributed by atoms with E-state index in [4.69, 9.17) is 4.74 Å². The standard InChI is InChI=1S/C21H25N2O2.C7H6O2/c1-14-19-16(15(13-24)12-22(14)4)10-11-21(25-19)20(2,3)17-8-6-7-9-18(17)23(21)5;8-7(9)6-4-2-1-3-5-6/h6-12,24H,13H2,1-5H3;1-5H,(H,8,9)/q+1;/p-1. The van der Waals surface area contributed by atoms with E-state index in [1.165, 1.54) is 23.4 Å². The zero-order chi connectivity index (χ0) is 24.7. The molecule has 0 saturated heterocycles. The van der Waals surface area contributed by atoms with Crippen molar-refractivity contribution in [2.45, 2.75) is 38.5 Å². The normalized spacial score (nSPS) is 19.1. The van der Waals surface area contributed by atoms with Gasteiger partial charge in [-0.2, -0.15) is 0 Å². The number of carbonyl (C=O) groups excluding carboxylic acids is 1. The molecule has 0 amide bonds. The Hall–Kier alpha value is -3.64. The van der Waals surface area contributed by atoms with Crippen molar-refractivity contribution in [2.75, 3.05) is 11.9 Å².